The standard InChI is InChI=1S/C15H22ClFN2O/c1-20-15(7-3-2-4-8-15)14(19-18)10-11-5-6-13(17)12(16)9-11/h5-6,9,14,19H,2-4,7-8,10,18H2,1H3. The van der Waals surface area contributed by atoms with E-state index in [2.05, 4.69) is 5.43 Å². The first-order valence-electron chi connectivity index (χ1n) is 7.06. The average Bonchev–Trinajstić information content (AvgIpc) is 2.49. The van der Waals surface area contributed by atoms with Crippen molar-refractivity contribution in [3.63, 3.8) is 0 Å². The Balaban J connectivity index is 2.16. The molecule has 0 amide bonds. The highest BCUT2D eigenvalue weighted by Crippen LogP contribution is 2.35. The molecule has 20 heavy (non-hydrogen) atoms. The Morgan fingerprint density at radius 3 is 2.65 bits per heavy atom. The van der Waals surface area contributed by atoms with E-state index in [9.17, 15) is 4.39 Å². The van der Waals surface area contributed by atoms with E-state index in [1.165, 1.54) is 12.5 Å². The largest absolute Gasteiger partial charge is 0.377 e. The van der Waals surface area contributed by atoms with Crippen molar-refractivity contribution >= 4 is 11.6 Å². The minimum atomic E-state index is -0.396. The lowest BCUT2D eigenvalue weighted by molar-refractivity contribution is -0.0673. The van der Waals surface area contributed by atoms with Crippen LogP contribution in [0.2, 0.25) is 5.02 Å². The van der Waals surface area contributed by atoms with Crippen LogP contribution in [0.1, 0.15) is 37.7 Å². The van der Waals surface area contributed by atoms with Crippen LogP contribution in [0.4, 0.5) is 4.39 Å². The van der Waals surface area contributed by atoms with Crippen molar-refractivity contribution in [1.29, 1.82) is 0 Å². The summed E-state index contributed by atoms with van der Waals surface area (Å²) in [5.74, 6) is 5.35. The van der Waals surface area contributed by atoms with E-state index in [4.69, 9.17) is 22.2 Å². The highest BCUT2D eigenvalue weighted by atomic mass is 35.5. The van der Waals surface area contributed by atoms with Gasteiger partial charge in [0.1, 0.15) is 5.82 Å². The predicted octanol–water partition coefficient (Wildman–Crippen LogP) is 3.20. The maximum atomic E-state index is 13.2. The summed E-state index contributed by atoms with van der Waals surface area (Å²) in [5.41, 5.74) is 3.60. The van der Waals surface area contributed by atoms with Gasteiger partial charge < -0.3 is 4.74 Å². The lowest BCUT2D eigenvalue weighted by Crippen LogP contribution is -2.56. The monoisotopic (exact) mass is 300 g/mol. The van der Waals surface area contributed by atoms with E-state index < -0.39 is 5.82 Å². The average molecular weight is 301 g/mol. The van der Waals surface area contributed by atoms with Gasteiger partial charge in [-0.05, 0) is 37.0 Å². The van der Waals surface area contributed by atoms with Gasteiger partial charge in [-0.25, -0.2) is 4.39 Å². The quantitative estimate of drug-likeness (QED) is 0.648. The molecular weight excluding hydrogens is 279 g/mol. The number of methoxy groups -OCH3 is 1. The van der Waals surface area contributed by atoms with Gasteiger partial charge in [-0.3, -0.25) is 11.3 Å². The van der Waals surface area contributed by atoms with Crippen molar-refractivity contribution in [1.82, 2.24) is 5.43 Å². The Morgan fingerprint density at radius 2 is 2.10 bits per heavy atom. The molecule has 1 aliphatic carbocycles. The van der Waals surface area contributed by atoms with Crippen LogP contribution in [0, 0.1) is 5.82 Å². The van der Waals surface area contributed by atoms with Gasteiger partial charge >= 0.3 is 0 Å². The molecule has 1 aromatic carbocycles. The second-order valence-corrected chi connectivity index (χ2v) is 5.91. The maximum Gasteiger partial charge on any atom is 0.141 e. The Morgan fingerprint density at radius 1 is 1.40 bits per heavy atom. The fourth-order valence-electron chi connectivity index (χ4n) is 3.14. The van der Waals surface area contributed by atoms with Crippen molar-refractivity contribution in [2.75, 3.05) is 7.11 Å². The highest BCUT2D eigenvalue weighted by Gasteiger charge is 2.39. The van der Waals surface area contributed by atoms with Gasteiger partial charge in [0, 0.05) is 7.11 Å². The molecule has 0 saturated heterocycles. The number of benzene rings is 1. The van der Waals surface area contributed by atoms with Crippen LogP contribution >= 0.6 is 11.6 Å². The molecule has 0 spiro atoms. The van der Waals surface area contributed by atoms with Gasteiger partial charge in [-0.2, -0.15) is 0 Å². The Labute approximate surface area is 124 Å². The zero-order valence-corrected chi connectivity index (χ0v) is 12.5. The Bertz CT molecular complexity index is 449. The molecule has 1 saturated carbocycles. The number of hydrogen-bond acceptors (Lipinski definition) is 3. The van der Waals surface area contributed by atoms with Crippen LogP contribution < -0.4 is 11.3 Å². The van der Waals surface area contributed by atoms with Gasteiger partial charge in [0.25, 0.3) is 0 Å². The first kappa shape index (κ1) is 15.7. The fourth-order valence-corrected chi connectivity index (χ4v) is 3.35. The molecule has 3 N–H and O–H groups in total. The minimum Gasteiger partial charge on any atom is -0.377 e. The van der Waals surface area contributed by atoms with Gasteiger partial charge in [0.15, 0.2) is 0 Å². The predicted molar refractivity (Wildman–Crippen MR) is 79.1 cm³/mol. The molecule has 112 valence electrons. The first-order valence-corrected chi connectivity index (χ1v) is 7.44. The molecule has 0 aliphatic heterocycles. The van der Waals surface area contributed by atoms with Crippen LogP contribution in [0.3, 0.4) is 0 Å². The molecule has 5 heteroatoms. The summed E-state index contributed by atoms with van der Waals surface area (Å²) in [6, 6.07) is 4.80. The highest BCUT2D eigenvalue weighted by molar-refractivity contribution is 6.30. The lowest BCUT2D eigenvalue weighted by atomic mass is 9.77. The van der Waals surface area contributed by atoms with Crippen molar-refractivity contribution in [3.8, 4) is 0 Å². The second kappa shape index (κ2) is 6.85. The van der Waals surface area contributed by atoms with Crippen molar-refractivity contribution < 1.29 is 9.13 Å². The molecule has 1 atom stereocenters. The van der Waals surface area contributed by atoms with E-state index >= 15 is 0 Å². The number of hydrazine groups is 1. The van der Waals surface area contributed by atoms with Crippen LogP contribution in [0.25, 0.3) is 0 Å². The zero-order valence-electron chi connectivity index (χ0n) is 11.8. The van der Waals surface area contributed by atoms with Crippen LogP contribution in [0.15, 0.2) is 18.2 Å². The van der Waals surface area contributed by atoms with Gasteiger partial charge in [0.2, 0.25) is 0 Å². The molecule has 0 bridgehead atoms. The van der Waals surface area contributed by atoms with Crippen molar-refractivity contribution in [2.24, 2.45) is 5.84 Å². The SMILES string of the molecule is COC1(C(Cc2ccc(F)c(Cl)c2)NN)CCCCC1. The number of nitrogens with two attached hydrogens (primary N) is 1. The van der Waals surface area contributed by atoms with Crippen LogP contribution in [-0.4, -0.2) is 18.8 Å². The third kappa shape index (κ3) is 3.31. The summed E-state index contributed by atoms with van der Waals surface area (Å²) in [7, 11) is 1.74. The maximum absolute atomic E-state index is 13.2. The molecule has 1 unspecified atom stereocenters. The second-order valence-electron chi connectivity index (χ2n) is 5.50. The first-order chi connectivity index (χ1) is 9.61. The normalized spacial score (nSPS) is 19.8. The molecule has 0 radical (unpaired) electrons. The van der Waals surface area contributed by atoms with E-state index in [0.29, 0.717) is 6.42 Å². The van der Waals surface area contributed by atoms with E-state index in [-0.39, 0.29) is 16.7 Å². The lowest BCUT2D eigenvalue weighted by Gasteiger charge is -2.42. The van der Waals surface area contributed by atoms with Gasteiger partial charge in [-0.1, -0.05) is 36.9 Å². The smallest absolute Gasteiger partial charge is 0.141 e. The molecule has 0 heterocycles. The number of hydrogen-bond donors (Lipinski definition) is 2. The summed E-state index contributed by atoms with van der Waals surface area (Å²) in [6.45, 7) is 0. The number of nitrogens with one attached hydrogen (secondary N) is 1. The summed E-state index contributed by atoms with van der Waals surface area (Å²) in [6.07, 6.45) is 6.20. The number of halogens is 2. The Kier molecular flexibility index (Phi) is 5.38. The van der Waals surface area contributed by atoms with Crippen LogP contribution in [-0.2, 0) is 11.2 Å². The van der Waals surface area contributed by atoms with E-state index in [1.807, 2.05) is 0 Å². The number of rotatable bonds is 5. The summed E-state index contributed by atoms with van der Waals surface area (Å²) >= 11 is 5.84. The summed E-state index contributed by atoms with van der Waals surface area (Å²) in [4.78, 5) is 0. The molecular formula is C15H22ClFN2O. The van der Waals surface area contributed by atoms with Crippen LogP contribution in [0.5, 0.6) is 0 Å². The molecule has 3 nitrogen and oxygen atoms in total. The van der Waals surface area contributed by atoms with E-state index in [1.54, 1.807) is 19.2 Å². The number of ether oxygens (including phenoxy) is 1. The summed E-state index contributed by atoms with van der Waals surface area (Å²) < 4.78 is 19.0. The molecule has 1 aliphatic rings. The molecule has 1 aromatic rings. The van der Waals surface area contributed by atoms with Crippen molar-refractivity contribution in [3.05, 3.63) is 34.6 Å². The topological polar surface area (TPSA) is 47.3 Å². The van der Waals surface area contributed by atoms with E-state index in [0.717, 1.165) is 31.2 Å². The third-order valence-electron chi connectivity index (χ3n) is 4.37. The molecule has 2 rings (SSSR count). The zero-order chi connectivity index (χ0) is 14.6. The minimum absolute atomic E-state index is 0.00525. The fraction of sp³-hybridized carbons (Fsp3) is 0.600. The third-order valence-corrected chi connectivity index (χ3v) is 4.66. The van der Waals surface area contributed by atoms with Gasteiger partial charge in [0.05, 0.1) is 16.7 Å². The Hall–Kier alpha value is -0.680. The molecule has 1 fully saturated rings. The molecule has 0 aromatic heterocycles. The van der Waals surface area contributed by atoms with Gasteiger partial charge in [-0.15, -0.1) is 0 Å². The summed E-state index contributed by atoms with van der Waals surface area (Å²) in [5, 5.41) is 0.147. The van der Waals surface area contributed by atoms with Crippen molar-refractivity contribution in [2.45, 2.75) is 50.2 Å².